The third kappa shape index (κ3) is 6.14. The minimum atomic E-state index is -0.556. The predicted octanol–water partition coefficient (Wildman–Crippen LogP) is 2.27. The first kappa shape index (κ1) is 18.8. The fraction of sp³-hybridized carbons (Fsp3) is 0.474. The lowest BCUT2D eigenvalue weighted by Gasteiger charge is -2.26. The number of nitrogens with one attached hydrogen (secondary N) is 1. The molecule has 2 amide bonds. The van der Waals surface area contributed by atoms with E-state index in [0.29, 0.717) is 11.5 Å². The highest BCUT2D eigenvalue weighted by Crippen LogP contribution is 2.28. The maximum absolute atomic E-state index is 12.1. The van der Waals surface area contributed by atoms with Gasteiger partial charge in [-0.25, -0.2) is 0 Å². The number of hydrogen-bond acceptors (Lipinski definition) is 4. The largest absolute Gasteiger partial charge is 0.493 e. The van der Waals surface area contributed by atoms with Gasteiger partial charge in [0.2, 0.25) is 5.91 Å². The molecule has 0 saturated heterocycles. The molecule has 1 aliphatic carbocycles. The summed E-state index contributed by atoms with van der Waals surface area (Å²) < 4.78 is 10.5. The Hall–Kier alpha value is -2.50. The van der Waals surface area contributed by atoms with Gasteiger partial charge in [-0.3, -0.25) is 9.59 Å². The molecular formula is C19H26N2O4. The molecule has 1 aromatic carbocycles. The monoisotopic (exact) mass is 346 g/mol. The number of amides is 2. The Labute approximate surface area is 148 Å². The number of nitrogens with two attached hydrogens (primary N) is 1. The van der Waals surface area contributed by atoms with Crippen LogP contribution in [0.1, 0.15) is 38.2 Å². The van der Waals surface area contributed by atoms with Gasteiger partial charge in [-0.15, -0.1) is 0 Å². The van der Waals surface area contributed by atoms with Crippen LogP contribution < -0.4 is 20.5 Å². The van der Waals surface area contributed by atoms with Crippen LogP contribution in [0.2, 0.25) is 0 Å². The van der Waals surface area contributed by atoms with Gasteiger partial charge < -0.3 is 20.5 Å². The van der Waals surface area contributed by atoms with E-state index in [0.717, 1.165) is 24.3 Å². The SMILES string of the molecule is COc1cc(/C=C/C(=O)NC2CCC(C)CC2)ccc1OCC(N)=O. The summed E-state index contributed by atoms with van der Waals surface area (Å²) in [5.41, 5.74) is 5.87. The predicted molar refractivity (Wildman–Crippen MR) is 96.3 cm³/mol. The quantitative estimate of drug-likeness (QED) is 0.741. The molecule has 6 heteroatoms. The first-order valence-corrected chi connectivity index (χ1v) is 8.55. The number of carbonyl (C=O) groups excluding carboxylic acids is 2. The number of ether oxygens (including phenoxy) is 2. The molecule has 6 nitrogen and oxygen atoms in total. The van der Waals surface area contributed by atoms with Gasteiger partial charge in [0, 0.05) is 12.1 Å². The second kappa shape index (κ2) is 9.11. The van der Waals surface area contributed by atoms with Gasteiger partial charge in [0.25, 0.3) is 5.91 Å². The topological polar surface area (TPSA) is 90.7 Å². The van der Waals surface area contributed by atoms with Gasteiger partial charge in [0.05, 0.1) is 7.11 Å². The van der Waals surface area contributed by atoms with Crippen LogP contribution in [0.25, 0.3) is 6.08 Å². The first-order valence-electron chi connectivity index (χ1n) is 8.55. The molecule has 25 heavy (non-hydrogen) atoms. The molecule has 0 radical (unpaired) electrons. The van der Waals surface area contributed by atoms with E-state index in [1.54, 1.807) is 24.3 Å². The van der Waals surface area contributed by atoms with Gasteiger partial charge in [0.15, 0.2) is 18.1 Å². The standard InChI is InChI=1S/C19H26N2O4/c1-13-3-7-15(8-4-13)21-19(23)10-6-14-5-9-16(17(11-14)24-2)25-12-18(20)22/h5-6,9-11,13,15H,3-4,7-8,12H2,1-2H3,(H2,20,22)(H,21,23)/b10-6+. The van der Waals surface area contributed by atoms with Crippen LogP contribution >= 0.6 is 0 Å². The van der Waals surface area contributed by atoms with Gasteiger partial charge >= 0.3 is 0 Å². The molecule has 0 bridgehead atoms. The van der Waals surface area contributed by atoms with Gasteiger partial charge in [-0.05, 0) is 55.4 Å². The van der Waals surface area contributed by atoms with Crippen molar-refractivity contribution in [2.45, 2.75) is 38.6 Å². The zero-order valence-electron chi connectivity index (χ0n) is 14.8. The van der Waals surface area contributed by atoms with Crippen LogP contribution in [-0.4, -0.2) is 31.6 Å². The Balaban J connectivity index is 1.93. The first-order chi connectivity index (χ1) is 12.0. The molecule has 0 atom stereocenters. The summed E-state index contributed by atoms with van der Waals surface area (Å²) in [5, 5.41) is 3.05. The van der Waals surface area contributed by atoms with E-state index in [1.165, 1.54) is 26.0 Å². The maximum atomic E-state index is 12.1. The number of methoxy groups -OCH3 is 1. The van der Waals surface area contributed by atoms with E-state index in [1.807, 2.05) is 0 Å². The second-order valence-corrected chi connectivity index (χ2v) is 6.46. The number of benzene rings is 1. The lowest BCUT2D eigenvalue weighted by atomic mass is 9.87. The lowest BCUT2D eigenvalue weighted by Crippen LogP contribution is -2.36. The molecule has 0 unspecified atom stereocenters. The van der Waals surface area contributed by atoms with E-state index < -0.39 is 5.91 Å². The summed E-state index contributed by atoms with van der Waals surface area (Å²) in [7, 11) is 1.51. The van der Waals surface area contributed by atoms with Crippen molar-refractivity contribution < 1.29 is 19.1 Å². The second-order valence-electron chi connectivity index (χ2n) is 6.46. The zero-order valence-corrected chi connectivity index (χ0v) is 14.8. The number of carbonyl (C=O) groups is 2. The molecule has 1 aromatic rings. The maximum Gasteiger partial charge on any atom is 0.255 e. The Morgan fingerprint density at radius 2 is 1.96 bits per heavy atom. The van der Waals surface area contributed by atoms with Gasteiger partial charge in [0.1, 0.15) is 0 Å². The smallest absolute Gasteiger partial charge is 0.255 e. The number of primary amides is 1. The molecule has 1 aliphatic rings. The van der Waals surface area contributed by atoms with Crippen LogP contribution in [0, 0.1) is 5.92 Å². The molecule has 0 aromatic heterocycles. The van der Waals surface area contributed by atoms with E-state index in [-0.39, 0.29) is 18.6 Å². The van der Waals surface area contributed by atoms with Crippen LogP contribution in [-0.2, 0) is 9.59 Å². The van der Waals surface area contributed by atoms with Crippen molar-refractivity contribution in [1.29, 1.82) is 0 Å². The van der Waals surface area contributed by atoms with E-state index in [9.17, 15) is 9.59 Å². The van der Waals surface area contributed by atoms with E-state index in [4.69, 9.17) is 15.2 Å². The Kier molecular flexibility index (Phi) is 6.86. The summed E-state index contributed by atoms with van der Waals surface area (Å²) in [6.45, 7) is 2.04. The van der Waals surface area contributed by atoms with Gasteiger partial charge in [-0.1, -0.05) is 13.0 Å². The zero-order chi connectivity index (χ0) is 18.2. The average Bonchev–Trinajstić information content (AvgIpc) is 2.60. The fourth-order valence-electron chi connectivity index (χ4n) is 2.88. The molecule has 0 aliphatic heterocycles. The normalized spacial score (nSPS) is 20.2. The summed E-state index contributed by atoms with van der Waals surface area (Å²) in [6, 6.07) is 5.47. The van der Waals surface area contributed by atoms with E-state index in [2.05, 4.69) is 12.2 Å². The third-order valence-electron chi connectivity index (χ3n) is 4.35. The van der Waals surface area contributed by atoms with Crippen LogP contribution in [0.4, 0.5) is 0 Å². The molecule has 1 saturated carbocycles. The summed E-state index contributed by atoms with van der Waals surface area (Å²) >= 11 is 0. The van der Waals surface area contributed by atoms with Crippen molar-refractivity contribution in [2.75, 3.05) is 13.7 Å². The molecule has 0 heterocycles. The Bertz CT molecular complexity index is 634. The number of rotatable bonds is 7. The third-order valence-corrected chi connectivity index (χ3v) is 4.35. The van der Waals surface area contributed by atoms with Crippen molar-refractivity contribution in [1.82, 2.24) is 5.32 Å². The fourth-order valence-corrected chi connectivity index (χ4v) is 2.88. The van der Waals surface area contributed by atoms with Crippen LogP contribution in [0.15, 0.2) is 24.3 Å². The van der Waals surface area contributed by atoms with Crippen molar-refractivity contribution in [3.8, 4) is 11.5 Å². The lowest BCUT2D eigenvalue weighted by molar-refractivity contribution is -0.120. The minimum Gasteiger partial charge on any atom is -0.493 e. The average molecular weight is 346 g/mol. The van der Waals surface area contributed by atoms with Crippen molar-refractivity contribution in [3.63, 3.8) is 0 Å². The highest BCUT2D eigenvalue weighted by molar-refractivity contribution is 5.92. The summed E-state index contributed by atoms with van der Waals surface area (Å²) in [4.78, 5) is 22.9. The van der Waals surface area contributed by atoms with Crippen molar-refractivity contribution in [3.05, 3.63) is 29.8 Å². The Morgan fingerprint density at radius 3 is 2.60 bits per heavy atom. The van der Waals surface area contributed by atoms with Crippen molar-refractivity contribution >= 4 is 17.9 Å². The van der Waals surface area contributed by atoms with E-state index >= 15 is 0 Å². The molecule has 0 spiro atoms. The molecule has 136 valence electrons. The van der Waals surface area contributed by atoms with Crippen molar-refractivity contribution in [2.24, 2.45) is 11.7 Å². The highest BCUT2D eigenvalue weighted by Gasteiger charge is 2.18. The molecular weight excluding hydrogens is 320 g/mol. The van der Waals surface area contributed by atoms with Crippen LogP contribution in [0.3, 0.4) is 0 Å². The molecule has 3 N–H and O–H groups in total. The Morgan fingerprint density at radius 1 is 1.24 bits per heavy atom. The highest BCUT2D eigenvalue weighted by atomic mass is 16.5. The van der Waals surface area contributed by atoms with Crippen LogP contribution in [0.5, 0.6) is 11.5 Å². The minimum absolute atomic E-state index is 0.0902. The summed E-state index contributed by atoms with van der Waals surface area (Å²) in [6.07, 6.45) is 7.66. The molecule has 1 fully saturated rings. The molecule has 2 rings (SSSR count). The number of hydrogen-bond donors (Lipinski definition) is 2. The summed E-state index contributed by atoms with van der Waals surface area (Å²) in [5.74, 6) is 1.02. The van der Waals surface area contributed by atoms with Gasteiger partial charge in [-0.2, -0.15) is 0 Å².